The molecule has 0 fully saturated rings. The third-order valence-corrected chi connectivity index (χ3v) is 3.19. The summed E-state index contributed by atoms with van der Waals surface area (Å²) in [5, 5.41) is 23.2. The molecule has 5 heteroatoms. The Labute approximate surface area is 105 Å². The van der Waals surface area contributed by atoms with Gasteiger partial charge in [0.1, 0.15) is 6.10 Å². The summed E-state index contributed by atoms with van der Waals surface area (Å²) in [6.45, 7) is 0.621. The van der Waals surface area contributed by atoms with E-state index in [2.05, 4.69) is 5.32 Å². The average molecular weight is 264 g/mol. The van der Waals surface area contributed by atoms with Crippen molar-refractivity contribution in [3.05, 3.63) is 33.8 Å². The smallest absolute Gasteiger partial charge is 0.106 e. The van der Waals surface area contributed by atoms with Gasteiger partial charge in [0.25, 0.3) is 0 Å². The Morgan fingerprint density at radius 3 is 2.62 bits per heavy atom. The highest BCUT2D eigenvalue weighted by atomic mass is 35.5. The van der Waals surface area contributed by atoms with Gasteiger partial charge in [0.05, 0.1) is 16.1 Å². The second kappa shape index (κ2) is 6.42. The fraction of sp³-hybridized carbons (Fsp3) is 0.455. The number of benzene rings is 1. The van der Waals surface area contributed by atoms with Crippen LogP contribution in [0.3, 0.4) is 0 Å². The standard InChI is InChI=1S/C11H15Cl2NO2/c1-14-6-5-9(15)11(16)7-3-2-4-8(12)10(7)13/h2-4,9,11,14-16H,5-6H2,1H3. The number of hydrogen-bond acceptors (Lipinski definition) is 3. The molecule has 2 unspecified atom stereocenters. The van der Waals surface area contributed by atoms with Gasteiger partial charge in [-0.1, -0.05) is 35.3 Å². The highest BCUT2D eigenvalue weighted by Crippen LogP contribution is 2.31. The Bertz CT molecular complexity index is 347. The molecule has 3 nitrogen and oxygen atoms in total. The topological polar surface area (TPSA) is 52.5 Å². The number of rotatable bonds is 5. The van der Waals surface area contributed by atoms with Crippen molar-refractivity contribution in [2.24, 2.45) is 0 Å². The van der Waals surface area contributed by atoms with Gasteiger partial charge in [0, 0.05) is 5.56 Å². The molecule has 0 radical (unpaired) electrons. The fourth-order valence-corrected chi connectivity index (χ4v) is 1.83. The molecule has 0 aliphatic carbocycles. The molecule has 0 spiro atoms. The van der Waals surface area contributed by atoms with Crippen LogP contribution in [0.15, 0.2) is 18.2 Å². The van der Waals surface area contributed by atoms with Crippen LogP contribution in [0.1, 0.15) is 18.1 Å². The third-order valence-electron chi connectivity index (χ3n) is 2.35. The first-order valence-electron chi connectivity index (χ1n) is 5.02. The van der Waals surface area contributed by atoms with Gasteiger partial charge in [-0.3, -0.25) is 0 Å². The van der Waals surface area contributed by atoms with E-state index in [4.69, 9.17) is 23.2 Å². The van der Waals surface area contributed by atoms with Crippen molar-refractivity contribution in [3.63, 3.8) is 0 Å². The zero-order chi connectivity index (χ0) is 12.1. The van der Waals surface area contributed by atoms with Crippen molar-refractivity contribution >= 4 is 23.2 Å². The van der Waals surface area contributed by atoms with E-state index in [1.54, 1.807) is 25.2 Å². The van der Waals surface area contributed by atoms with Gasteiger partial charge < -0.3 is 15.5 Å². The highest BCUT2D eigenvalue weighted by molar-refractivity contribution is 6.42. The molecule has 0 aliphatic rings. The minimum absolute atomic E-state index is 0.292. The van der Waals surface area contributed by atoms with Crippen LogP contribution < -0.4 is 5.32 Å². The van der Waals surface area contributed by atoms with Crippen LogP contribution in [0.5, 0.6) is 0 Å². The van der Waals surface area contributed by atoms with Crippen molar-refractivity contribution in [2.45, 2.75) is 18.6 Å². The van der Waals surface area contributed by atoms with Crippen LogP contribution in [-0.4, -0.2) is 29.9 Å². The van der Waals surface area contributed by atoms with Gasteiger partial charge in [-0.2, -0.15) is 0 Å². The van der Waals surface area contributed by atoms with Gasteiger partial charge in [0.15, 0.2) is 0 Å². The fourth-order valence-electron chi connectivity index (χ4n) is 1.41. The van der Waals surface area contributed by atoms with Crippen molar-refractivity contribution in [2.75, 3.05) is 13.6 Å². The zero-order valence-corrected chi connectivity index (χ0v) is 10.5. The molecular weight excluding hydrogens is 249 g/mol. The lowest BCUT2D eigenvalue weighted by Gasteiger charge is -2.19. The van der Waals surface area contributed by atoms with E-state index in [1.807, 2.05) is 0 Å². The molecule has 0 heterocycles. The second-order valence-electron chi connectivity index (χ2n) is 3.55. The Kier molecular flexibility index (Phi) is 5.52. The first kappa shape index (κ1) is 13.7. The first-order valence-corrected chi connectivity index (χ1v) is 5.78. The molecule has 0 amide bonds. The van der Waals surface area contributed by atoms with Crippen LogP contribution in [0.2, 0.25) is 10.0 Å². The maximum absolute atomic E-state index is 9.90. The monoisotopic (exact) mass is 263 g/mol. The van der Waals surface area contributed by atoms with E-state index < -0.39 is 12.2 Å². The molecule has 0 aromatic heterocycles. The predicted molar refractivity (Wildman–Crippen MR) is 66.0 cm³/mol. The van der Waals surface area contributed by atoms with Crippen LogP contribution in [-0.2, 0) is 0 Å². The van der Waals surface area contributed by atoms with Crippen molar-refractivity contribution in [1.82, 2.24) is 5.32 Å². The molecule has 1 aromatic rings. The van der Waals surface area contributed by atoms with Crippen LogP contribution in [0, 0.1) is 0 Å². The van der Waals surface area contributed by atoms with Crippen LogP contribution in [0.4, 0.5) is 0 Å². The Hall–Kier alpha value is -0.320. The average Bonchev–Trinajstić information content (AvgIpc) is 2.28. The highest BCUT2D eigenvalue weighted by Gasteiger charge is 2.21. The number of nitrogens with one attached hydrogen (secondary N) is 1. The summed E-state index contributed by atoms with van der Waals surface area (Å²) < 4.78 is 0. The van der Waals surface area contributed by atoms with E-state index in [1.165, 1.54) is 0 Å². The molecule has 0 aliphatic heterocycles. The quantitative estimate of drug-likeness (QED) is 0.762. The number of aliphatic hydroxyl groups is 2. The molecule has 0 saturated carbocycles. The summed E-state index contributed by atoms with van der Waals surface area (Å²) in [6.07, 6.45) is -1.43. The summed E-state index contributed by atoms with van der Waals surface area (Å²) in [4.78, 5) is 0. The Balaban J connectivity index is 2.79. The van der Waals surface area contributed by atoms with Crippen LogP contribution >= 0.6 is 23.2 Å². The minimum atomic E-state index is -1.01. The van der Waals surface area contributed by atoms with Crippen molar-refractivity contribution < 1.29 is 10.2 Å². The van der Waals surface area contributed by atoms with Gasteiger partial charge in [0.2, 0.25) is 0 Å². The summed E-state index contributed by atoms with van der Waals surface area (Å²) >= 11 is 11.8. The molecule has 1 aromatic carbocycles. The van der Waals surface area contributed by atoms with Gasteiger partial charge >= 0.3 is 0 Å². The summed E-state index contributed by atoms with van der Waals surface area (Å²) in [7, 11) is 1.78. The largest absolute Gasteiger partial charge is 0.390 e. The number of halogens is 2. The van der Waals surface area contributed by atoms with Gasteiger partial charge in [-0.15, -0.1) is 0 Å². The zero-order valence-electron chi connectivity index (χ0n) is 8.95. The molecule has 1 rings (SSSR count). The van der Waals surface area contributed by atoms with E-state index >= 15 is 0 Å². The predicted octanol–water partition coefficient (Wildman–Crippen LogP) is 2.00. The summed E-state index contributed by atoms with van der Waals surface area (Å²) in [5.41, 5.74) is 0.456. The molecule has 16 heavy (non-hydrogen) atoms. The molecular formula is C11H15Cl2NO2. The SMILES string of the molecule is CNCCC(O)C(O)c1cccc(Cl)c1Cl. The lowest BCUT2D eigenvalue weighted by atomic mass is 10.0. The van der Waals surface area contributed by atoms with Gasteiger partial charge in [-0.05, 0) is 26.1 Å². The Morgan fingerprint density at radius 1 is 1.31 bits per heavy atom. The van der Waals surface area contributed by atoms with Crippen LogP contribution in [0.25, 0.3) is 0 Å². The molecule has 0 bridgehead atoms. The molecule has 90 valence electrons. The lowest BCUT2D eigenvalue weighted by Crippen LogP contribution is -2.23. The lowest BCUT2D eigenvalue weighted by molar-refractivity contribution is 0.0141. The third kappa shape index (κ3) is 3.34. The summed E-state index contributed by atoms with van der Waals surface area (Å²) in [6, 6.07) is 4.99. The molecule has 0 saturated heterocycles. The first-order chi connectivity index (χ1) is 7.57. The number of hydrogen-bond donors (Lipinski definition) is 3. The van der Waals surface area contributed by atoms with Crippen molar-refractivity contribution in [1.29, 1.82) is 0 Å². The minimum Gasteiger partial charge on any atom is -0.390 e. The van der Waals surface area contributed by atoms with E-state index in [0.717, 1.165) is 0 Å². The molecule has 2 atom stereocenters. The number of aliphatic hydroxyl groups excluding tert-OH is 2. The van der Waals surface area contributed by atoms with E-state index in [0.29, 0.717) is 28.6 Å². The van der Waals surface area contributed by atoms with Crippen molar-refractivity contribution in [3.8, 4) is 0 Å². The molecule has 3 N–H and O–H groups in total. The van der Waals surface area contributed by atoms with Gasteiger partial charge in [-0.25, -0.2) is 0 Å². The van der Waals surface area contributed by atoms with E-state index in [9.17, 15) is 10.2 Å². The second-order valence-corrected chi connectivity index (χ2v) is 4.33. The summed E-state index contributed by atoms with van der Waals surface area (Å²) in [5.74, 6) is 0. The maximum atomic E-state index is 9.90. The van der Waals surface area contributed by atoms with E-state index in [-0.39, 0.29) is 0 Å². The Morgan fingerprint density at radius 2 is 2.00 bits per heavy atom. The maximum Gasteiger partial charge on any atom is 0.106 e. The normalized spacial score (nSPS) is 14.8.